The van der Waals surface area contributed by atoms with E-state index in [-0.39, 0.29) is 25.7 Å². The zero-order chi connectivity index (χ0) is 62.9. The second-order valence-corrected chi connectivity index (χ2v) is 27.5. The van der Waals surface area contributed by atoms with Gasteiger partial charge in [-0.3, -0.25) is 37.3 Å². The van der Waals surface area contributed by atoms with Crippen LogP contribution in [0.25, 0.3) is 0 Å². The largest absolute Gasteiger partial charge is 0.472 e. The predicted octanol–water partition coefficient (Wildman–Crippen LogP) is 18.4. The molecular weight excluding hydrogens is 1130 g/mol. The fourth-order valence-electron chi connectivity index (χ4n) is 9.85. The average molecular weight is 1260 g/mol. The van der Waals surface area contributed by atoms with E-state index in [1.807, 2.05) is 0 Å². The lowest BCUT2D eigenvalue weighted by Gasteiger charge is -2.21. The highest BCUT2D eigenvalue weighted by molar-refractivity contribution is 7.47. The van der Waals surface area contributed by atoms with Gasteiger partial charge >= 0.3 is 39.5 Å². The maximum absolute atomic E-state index is 13.0. The first kappa shape index (κ1) is 83.1. The van der Waals surface area contributed by atoms with Crippen LogP contribution in [0.2, 0.25) is 0 Å². The minimum atomic E-state index is -4.95. The molecule has 504 valence electrons. The smallest absolute Gasteiger partial charge is 0.462 e. The number of carbonyl (C=O) groups excluding carboxylic acids is 4. The Labute approximate surface area is 517 Å². The summed E-state index contributed by atoms with van der Waals surface area (Å²) >= 11 is 0. The molecule has 0 fully saturated rings. The van der Waals surface area contributed by atoms with E-state index in [2.05, 4.69) is 41.5 Å². The van der Waals surface area contributed by atoms with Crippen LogP contribution in [0.4, 0.5) is 0 Å². The highest BCUT2D eigenvalue weighted by Gasteiger charge is 2.30. The maximum atomic E-state index is 13.0. The summed E-state index contributed by atoms with van der Waals surface area (Å²) < 4.78 is 68.1. The lowest BCUT2D eigenvalue weighted by molar-refractivity contribution is -0.161. The summed E-state index contributed by atoms with van der Waals surface area (Å²) in [6.45, 7) is 9.49. The van der Waals surface area contributed by atoms with Crippen molar-refractivity contribution >= 4 is 39.5 Å². The van der Waals surface area contributed by atoms with Gasteiger partial charge in [-0.15, -0.1) is 0 Å². The lowest BCUT2D eigenvalue weighted by atomic mass is 9.99. The Hall–Kier alpha value is -1.94. The Kier molecular flexibility index (Phi) is 57.1. The quantitative estimate of drug-likeness (QED) is 0.0222. The van der Waals surface area contributed by atoms with Crippen LogP contribution in [0.15, 0.2) is 0 Å². The first-order valence-corrected chi connectivity index (χ1v) is 37.5. The van der Waals surface area contributed by atoms with Crippen LogP contribution in [-0.4, -0.2) is 96.7 Å². The topological polar surface area (TPSA) is 237 Å². The van der Waals surface area contributed by atoms with E-state index >= 15 is 0 Å². The van der Waals surface area contributed by atoms with Crippen molar-refractivity contribution in [1.29, 1.82) is 0 Å². The minimum Gasteiger partial charge on any atom is -0.462 e. The zero-order valence-electron chi connectivity index (χ0n) is 54.9. The molecule has 3 N–H and O–H groups in total. The van der Waals surface area contributed by atoms with Crippen LogP contribution >= 0.6 is 15.6 Å². The first-order chi connectivity index (χ1) is 40.9. The number of phosphoric acid groups is 2. The van der Waals surface area contributed by atoms with Gasteiger partial charge in [-0.05, 0) is 37.5 Å². The highest BCUT2D eigenvalue weighted by atomic mass is 31.2. The molecule has 0 aromatic heterocycles. The third kappa shape index (κ3) is 59.5. The van der Waals surface area contributed by atoms with E-state index in [1.165, 1.54) is 148 Å². The first-order valence-electron chi connectivity index (χ1n) is 34.5. The van der Waals surface area contributed by atoms with Crippen molar-refractivity contribution in [3.8, 4) is 0 Å². The molecule has 0 aromatic rings. The van der Waals surface area contributed by atoms with Crippen molar-refractivity contribution in [1.82, 2.24) is 0 Å². The number of aliphatic hydroxyl groups is 1. The van der Waals surface area contributed by atoms with Crippen LogP contribution in [-0.2, 0) is 65.4 Å². The number of carbonyl (C=O) groups is 4. The molecule has 19 heteroatoms. The van der Waals surface area contributed by atoms with Crippen molar-refractivity contribution in [3.63, 3.8) is 0 Å². The fraction of sp³-hybridized carbons (Fsp3) is 0.939. The van der Waals surface area contributed by atoms with Gasteiger partial charge in [0, 0.05) is 25.7 Å². The summed E-state index contributed by atoms with van der Waals surface area (Å²) in [5.74, 6) is -0.601. The zero-order valence-corrected chi connectivity index (χ0v) is 56.7. The Morgan fingerprint density at radius 3 is 0.894 bits per heavy atom. The molecule has 17 nitrogen and oxygen atoms in total. The molecule has 0 rings (SSSR count). The summed E-state index contributed by atoms with van der Waals surface area (Å²) in [6, 6.07) is 0. The number of unbranched alkanes of at least 4 members (excludes halogenated alkanes) is 34. The fourth-order valence-corrected chi connectivity index (χ4v) is 11.4. The third-order valence-corrected chi connectivity index (χ3v) is 17.5. The van der Waals surface area contributed by atoms with Crippen LogP contribution in [0, 0.1) is 11.8 Å². The molecule has 0 saturated carbocycles. The van der Waals surface area contributed by atoms with Crippen molar-refractivity contribution < 1.29 is 80.2 Å². The van der Waals surface area contributed by atoms with Gasteiger partial charge in [0.05, 0.1) is 26.4 Å². The molecule has 0 aliphatic carbocycles. The van der Waals surface area contributed by atoms with Gasteiger partial charge < -0.3 is 33.8 Å². The molecule has 0 saturated heterocycles. The van der Waals surface area contributed by atoms with Crippen molar-refractivity contribution in [2.45, 2.75) is 349 Å². The third-order valence-electron chi connectivity index (χ3n) is 15.6. The van der Waals surface area contributed by atoms with Gasteiger partial charge in [-0.25, -0.2) is 9.13 Å². The predicted molar refractivity (Wildman–Crippen MR) is 340 cm³/mol. The molecule has 0 heterocycles. The van der Waals surface area contributed by atoms with E-state index in [1.54, 1.807) is 0 Å². The standard InChI is InChI=1S/C66H128O17P2/c1-7-10-12-14-16-18-23-30-36-42-48-63(68)76-54-61(82-65(70)50-44-38-32-24-19-17-15-13-11-8-2)56-80-84(72,73)78-52-60(67)53-79-85(74,75)81-57-62(55-77-64(69)49-43-37-31-27-26-28-34-40-46-58(4)5)83-66(71)51-45-39-33-25-21-20-22-29-35-41-47-59(6)9-3/h58-62,67H,7-57H2,1-6H3,(H,72,73)(H,74,75)/t59?,60-,61+,62+/m0/s1. The van der Waals surface area contributed by atoms with Crippen LogP contribution in [0.1, 0.15) is 330 Å². The molecule has 0 bridgehead atoms. The van der Waals surface area contributed by atoms with E-state index in [0.29, 0.717) is 25.7 Å². The molecule has 3 unspecified atom stereocenters. The minimum absolute atomic E-state index is 0.106. The average Bonchev–Trinajstić information content (AvgIpc) is 3.57. The molecule has 0 radical (unpaired) electrons. The van der Waals surface area contributed by atoms with Crippen molar-refractivity contribution in [2.24, 2.45) is 11.8 Å². The number of phosphoric ester groups is 2. The number of ether oxygens (including phenoxy) is 4. The number of hydrogen-bond acceptors (Lipinski definition) is 15. The van der Waals surface area contributed by atoms with Gasteiger partial charge in [0.2, 0.25) is 0 Å². The van der Waals surface area contributed by atoms with Gasteiger partial charge in [0.1, 0.15) is 19.3 Å². The van der Waals surface area contributed by atoms with Crippen LogP contribution in [0.5, 0.6) is 0 Å². The molecule has 85 heavy (non-hydrogen) atoms. The summed E-state index contributed by atoms with van der Waals surface area (Å²) in [6.07, 6.45) is 41.5. The maximum Gasteiger partial charge on any atom is 0.472 e. The second-order valence-electron chi connectivity index (χ2n) is 24.6. The summed E-state index contributed by atoms with van der Waals surface area (Å²) in [5, 5.41) is 10.5. The molecule has 6 atom stereocenters. The van der Waals surface area contributed by atoms with E-state index in [9.17, 15) is 43.2 Å². The Balaban J connectivity index is 5.25. The Bertz CT molecular complexity index is 1670. The van der Waals surface area contributed by atoms with Gasteiger partial charge in [-0.2, -0.15) is 0 Å². The molecule has 0 aliphatic heterocycles. The number of esters is 4. The SMILES string of the molecule is CCCCCCCCCCCCC(=O)OC[C@H](COP(=O)(O)OC[C@H](O)COP(=O)(O)OC[C@@H](COC(=O)CCCCCCCCCCC(C)C)OC(=O)CCCCCCCCCCCCC(C)CC)OC(=O)CCCCCCCCCCCC. The summed E-state index contributed by atoms with van der Waals surface area (Å²) in [4.78, 5) is 72.3. The Morgan fingerprint density at radius 2 is 0.600 bits per heavy atom. The molecular formula is C66H128O17P2. The van der Waals surface area contributed by atoms with Gasteiger partial charge in [-0.1, -0.05) is 279 Å². The van der Waals surface area contributed by atoms with Gasteiger partial charge in [0.25, 0.3) is 0 Å². The Morgan fingerprint density at radius 1 is 0.341 bits per heavy atom. The number of hydrogen-bond donors (Lipinski definition) is 3. The number of aliphatic hydroxyl groups excluding tert-OH is 1. The second kappa shape index (κ2) is 58.4. The van der Waals surface area contributed by atoms with Crippen LogP contribution in [0.3, 0.4) is 0 Å². The van der Waals surface area contributed by atoms with Crippen molar-refractivity contribution in [2.75, 3.05) is 39.6 Å². The summed E-state index contributed by atoms with van der Waals surface area (Å²) in [7, 11) is -9.89. The van der Waals surface area contributed by atoms with E-state index in [0.717, 1.165) is 102 Å². The van der Waals surface area contributed by atoms with Crippen LogP contribution < -0.4 is 0 Å². The monoisotopic (exact) mass is 1250 g/mol. The molecule has 0 amide bonds. The lowest BCUT2D eigenvalue weighted by Crippen LogP contribution is -2.30. The van der Waals surface area contributed by atoms with E-state index in [4.69, 9.17) is 37.0 Å². The summed E-state index contributed by atoms with van der Waals surface area (Å²) in [5.41, 5.74) is 0. The normalized spacial score (nSPS) is 14.6. The van der Waals surface area contributed by atoms with E-state index < -0.39 is 97.5 Å². The number of rotatable bonds is 65. The van der Waals surface area contributed by atoms with Gasteiger partial charge in [0.15, 0.2) is 12.2 Å². The van der Waals surface area contributed by atoms with Crippen molar-refractivity contribution in [3.05, 3.63) is 0 Å². The highest BCUT2D eigenvalue weighted by Crippen LogP contribution is 2.45. The molecule has 0 aromatic carbocycles. The molecule has 0 spiro atoms. The molecule has 0 aliphatic rings.